The topological polar surface area (TPSA) is 77.8 Å². The lowest BCUT2D eigenvalue weighted by molar-refractivity contribution is 0.347. The molecule has 1 saturated carbocycles. The minimum atomic E-state index is -0.0688. The fourth-order valence-electron chi connectivity index (χ4n) is 1.71. The fourth-order valence-corrected chi connectivity index (χ4v) is 1.94. The van der Waals surface area contributed by atoms with E-state index in [9.17, 15) is 0 Å². The smallest absolute Gasteiger partial charge is 0.234 e. The third-order valence-electron chi connectivity index (χ3n) is 3.08. The van der Waals surface area contributed by atoms with E-state index in [1.165, 1.54) is 0 Å². The van der Waals surface area contributed by atoms with Crippen molar-refractivity contribution in [2.24, 2.45) is 5.73 Å². The summed E-state index contributed by atoms with van der Waals surface area (Å²) in [6, 6.07) is 3.74. The van der Waals surface area contributed by atoms with Crippen LogP contribution < -0.4 is 5.73 Å². The van der Waals surface area contributed by atoms with Gasteiger partial charge in [-0.15, -0.1) is 0 Å². The van der Waals surface area contributed by atoms with Gasteiger partial charge in [-0.25, -0.2) is 0 Å². The molecule has 0 aliphatic heterocycles. The van der Waals surface area contributed by atoms with Crippen molar-refractivity contribution >= 4 is 15.9 Å². The first-order valence-electron chi connectivity index (χ1n) is 5.40. The summed E-state index contributed by atoms with van der Waals surface area (Å²) in [5, 5.41) is 3.95. The van der Waals surface area contributed by atoms with Crippen LogP contribution in [0.2, 0.25) is 0 Å². The van der Waals surface area contributed by atoms with Crippen molar-refractivity contribution < 1.29 is 4.52 Å². The second-order valence-electron chi connectivity index (χ2n) is 4.27. The molecule has 2 aromatic rings. The number of nitrogens with zero attached hydrogens (tertiary/aromatic N) is 3. The summed E-state index contributed by atoms with van der Waals surface area (Å²) in [7, 11) is 0. The van der Waals surface area contributed by atoms with E-state index in [4.69, 9.17) is 10.3 Å². The number of halogens is 1. The third-order valence-corrected chi connectivity index (χ3v) is 3.55. The highest BCUT2D eigenvalue weighted by atomic mass is 79.9. The van der Waals surface area contributed by atoms with Gasteiger partial charge in [-0.3, -0.25) is 4.98 Å². The van der Waals surface area contributed by atoms with Gasteiger partial charge in [0.15, 0.2) is 0 Å². The molecule has 3 rings (SSSR count). The Kier molecular flexibility index (Phi) is 2.48. The molecular formula is C11H11BrN4O. The Balaban J connectivity index is 1.92. The largest absolute Gasteiger partial charge is 0.338 e. The molecule has 2 aromatic heterocycles. The molecule has 0 atom stereocenters. The first-order chi connectivity index (χ1) is 8.23. The van der Waals surface area contributed by atoms with Crippen LogP contribution in [0.1, 0.15) is 18.7 Å². The van der Waals surface area contributed by atoms with Crippen LogP contribution in [0.15, 0.2) is 27.3 Å². The van der Waals surface area contributed by atoms with E-state index < -0.39 is 0 Å². The van der Waals surface area contributed by atoms with Crippen LogP contribution in [-0.4, -0.2) is 21.7 Å². The van der Waals surface area contributed by atoms with Gasteiger partial charge in [-0.1, -0.05) is 5.16 Å². The SMILES string of the molecule is NCC1(c2nc(-c3ccc(Br)cn3)no2)CC1. The zero-order chi connectivity index (χ0) is 11.9. The molecule has 0 aromatic carbocycles. The first-order valence-corrected chi connectivity index (χ1v) is 6.19. The van der Waals surface area contributed by atoms with Crippen molar-refractivity contribution in [3.8, 4) is 11.5 Å². The number of rotatable bonds is 3. The molecule has 0 saturated heterocycles. The van der Waals surface area contributed by atoms with E-state index in [2.05, 4.69) is 31.1 Å². The number of hydrogen-bond donors (Lipinski definition) is 1. The van der Waals surface area contributed by atoms with Crippen molar-refractivity contribution in [1.29, 1.82) is 0 Å². The summed E-state index contributed by atoms with van der Waals surface area (Å²) in [5.74, 6) is 1.16. The molecule has 0 radical (unpaired) electrons. The molecule has 88 valence electrons. The van der Waals surface area contributed by atoms with Crippen LogP contribution in [0.3, 0.4) is 0 Å². The maximum absolute atomic E-state index is 5.72. The van der Waals surface area contributed by atoms with Crippen molar-refractivity contribution in [2.75, 3.05) is 6.54 Å². The van der Waals surface area contributed by atoms with Gasteiger partial charge in [-0.2, -0.15) is 4.98 Å². The lowest BCUT2D eigenvalue weighted by Crippen LogP contribution is -2.19. The molecular weight excluding hydrogens is 284 g/mol. The Bertz CT molecular complexity index is 533. The van der Waals surface area contributed by atoms with E-state index in [1.54, 1.807) is 6.20 Å². The zero-order valence-electron chi connectivity index (χ0n) is 9.06. The Morgan fingerprint density at radius 3 is 2.82 bits per heavy atom. The molecule has 17 heavy (non-hydrogen) atoms. The van der Waals surface area contributed by atoms with E-state index in [-0.39, 0.29) is 5.41 Å². The van der Waals surface area contributed by atoms with Gasteiger partial charge in [0.25, 0.3) is 0 Å². The van der Waals surface area contributed by atoms with Crippen molar-refractivity contribution in [2.45, 2.75) is 18.3 Å². The van der Waals surface area contributed by atoms with Gasteiger partial charge >= 0.3 is 0 Å². The van der Waals surface area contributed by atoms with Crippen LogP contribution in [-0.2, 0) is 5.41 Å². The number of pyridine rings is 1. The average Bonchev–Trinajstić information content (AvgIpc) is 3.00. The number of hydrogen-bond acceptors (Lipinski definition) is 5. The predicted molar refractivity (Wildman–Crippen MR) is 65.2 cm³/mol. The van der Waals surface area contributed by atoms with Crippen molar-refractivity contribution in [3.63, 3.8) is 0 Å². The van der Waals surface area contributed by atoms with Crippen LogP contribution in [0.4, 0.5) is 0 Å². The van der Waals surface area contributed by atoms with Gasteiger partial charge in [0.2, 0.25) is 11.7 Å². The highest BCUT2D eigenvalue weighted by Crippen LogP contribution is 2.46. The highest BCUT2D eigenvalue weighted by Gasteiger charge is 2.48. The molecule has 2 heterocycles. The van der Waals surface area contributed by atoms with E-state index in [0.717, 1.165) is 17.3 Å². The minimum absolute atomic E-state index is 0.0688. The fraction of sp³-hybridized carbons (Fsp3) is 0.364. The summed E-state index contributed by atoms with van der Waals surface area (Å²) in [5.41, 5.74) is 6.35. The van der Waals surface area contributed by atoms with Gasteiger partial charge in [0.05, 0.1) is 5.41 Å². The third kappa shape index (κ3) is 1.87. The Morgan fingerprint density at radius 1 is 1.41 bits per heavy atom. The molecule has 2 N–H and O–H groups in total. The Morgan fingerprint density at radius 2 is 2.24 bits per heavy atom. The molecule has 5 nitrogen and oxygen atoms in total. The average molecular weight is 295 g/mol. The predicted octanol–water partition coefficient (Wildman–Crippen LogP) is 1.88. The number of nitrogens with two attached hydrogens (primary N) is 1. The molecule has 0 spiro atoms. The minimum Gasteiger partial charge on any atom is -0.338 e. The van der Waals surface area contributed by atoms with Crippen LogP contribution in [0.5, 0.6) is 0 Å². The first kappa shape index (κ1) is 10.9. The monoisotopic (exact) mass is 294 g/mol. The van der Waals surface area contributed by atoms with Crippen molar-refractivity contribution in [3.05, 3.63) is 28.7 Å². The van der Waals surface area contributed by atoms with Gasteiger partial charge in [0, 0.05) is 17.2 Å². The Labute approximate surface area is 107 Å². The van der Waals surface area contributed by atoms with E-state index in [1.807, 2.05) is 12.1 Å². The van der Waals surface area contributed by atoms with Crippen LogP contribution >= 0.6 is 15.9 Å². The quantitative estimate of drug-likeness (QED) is 0.935. The summed E-state index contributed by atoms with van der Waals surface area (Å²) in [4.78, 5) is 8.61. The normalized spacial score (nSPS) is 17.1. The Hall–Kier alpha value is -1.27. The summed E-state index contributed by atoms with van der Waals surface area (Å²) < 4.78 is 6.20. The standard InChI is InChI=1S/C11H11BrN4O/c12-7-1-2-8(14-5-7)9-15-10(17-16-9)11(6-13)3-4-11/h1-2,5H,3-4,6,13H2. The summed E-state index contributed by atoms with van der Waals surface area (Å²) in [6.07, 6.45) is 3.76. The molecule has 0 amide bonds. The number of aromatic nitrogens is 3. The molecule has 0 unspecified atom stereocenters. The van der Waals surface area contributed by atoms with Crippen LogP contribution in [0, 0.1) is 0 Å². The van der Waals surface area contributed by atoms with E-state index in [0.29, 0.717) is 24.0 Å². The molecule has 6 heteroatoms. The second kappa shape index (κ2) is 3.89. The molecule has 0 bridgehead atoms. The van der Waals surface area contributed by atoms with Gasteiger partial charge in [-0.05, 0) is 40.9 Å². The highest BCUT2D eigenvalue weighted by molar-refractivity contribution is 9.10. The summed E-state index contributed by atoms with van der Waals surface area (Å²) in [6.45, 7) is 0.558. The second-order valence-corrected chi connectivity index (χ2v) is 5.18. The zero-order valence-corrected chi connectivity index (χ0v) is 10.6. The maximum atomic E-state index is 5.72. The summed E-state index contributed by atoms with van der Waals surface area (Å²) >= 11 is 3.33. The maximum Gasteiger partial charge on any atom is 0.234 e. The lowest BCUT2D eigenvalue weighted by Gasteiger charge is -2.03. The van der Waals surface area contributed by atoms with Crippen LogP contribution in [0.25, 0.3) is 11.5 Å². The van der Waals surface area contributed by atoms with Crippen molar-refractivity contribution in [1.82, 2.24) is 15.1 Å². The van der Waals surface area contributed by atoms with E-state index >= 15 is 0 Å². The lowest BCUT2D eigenvalue weighted by atomic mass is 10.1. The van der Waals surface area contributed by atoms with Gasteiger partial charge < -0.3 is 10.3 Å². The molecule has 1 aliphatic carbocycles. The molecule has 1 fully saturated rings. The van der Waals surface area contributed by atoms with Gasteiger partial charge in [0.1, 0.15) is 5.69 Å². The molecule has 1 aliphatic rings.